The van der Waals surface area contributed by atoms with Crippen LogP contribution < -0.4 is 5.32 Å². The molecular formula is C14H14FNO2. The Labute approximate surface area is 105 Å². The zero-order chi connectivity index (χ0) is 13.0. The van der Waals surface area contributed by atoms with Gasteiger partial charge in [0.05, 0.1) is 12.2 Å². The van der Waals surface area contributed by atoms with E-state index in [9.17, 15) is 9.18 Å². The minimum absolute atomic E-state index is 0.0376. The maximum Gasteiger partial charge on any atom is 0.227 e. The van der Waals surface area contributed by atoms with Crippen molar-refractivity contribution in [3.63, 3.8) is 0 Å². The minimum atomic E-state index is -0.464. The molecule has 0 radical (unpaired) electrons. The molecule has 1 aromatic carbocycles. The molecule has 94 valence electrons. The molecule has 18 heavy (non-hydrogen) atoms. The van der Waals surface area contributed by atoms with Crippen LogP contribution in [0.2, 0.25) is 0 Å². The van der Waals surface area contributed by atoms with Gasteiger partial charge in [-0.1, -0.05) is 11.8 Å². The predicted octanol–water partition coefficient (Wildman–Crippen LogP) is 1.91. The van der Waals surface area contributed by atoms with Crippen LogP contribution in [0.1, 0.15) is 24.8 Å². The molecule has 2 rings (SSSR count). The zero-order valence-electron chi connectivity index (χ0n) is 9.87. The van der Waals surface area contributed by atoms with Crippen molar-refractivity contribution in [2.24, 2.45) is 5.92 Å². The molecule has 0 atom stereocenters. The molecule has 0 unspecified atom stereocenters. The Morgan fingerprint density at radius 1 is 1.50 bits per heavy atom. The third-order valence-electron chi connectivity index (χ3n) is 2.64. The summed E-state index contributed by atoms with van der Waals surface area (Å²) in [6.45, 7) is -0.0376. The third-order valence-corrected chi connectivity index (χ3v) is 2.64. The molecule has 0 saturated heterocycles. The van der Waals surface area contributed by atoms with Crippen LogP contribution in [-0.2, 0) is 4.79 Å². The van der Waals surface area contributed by atoms with Crippen LogP contribution in [0, 0.1) is 23.6 Å². The Balaban J connectivity index is 2.04. The van der Waals surface area contributed by atoms with Gasteiger partial charge in [-0.15, -0.1) is 0 Å². The van der Waals surface area contributed by atoms with Crippen molar-refractivity contribution in [2.45, 2.75) is 19.3 Å². The van der Waals surface area contributed by atoms with Crippen molar-refractivity contribution < 1.29 is 14.3 Å². The summed E-state index contributed by atoms with van der Waals surface area (Å²) in [5.41, 5.74) is 0.727. The Morgan fingerprint density at radius 2 is 2.28 bits per heavy atom. The largest absolute Gasteiger partial charge is 0.395 e. The summed E-state index contributed by atoms with van der Waals surface area (Å²) in [5, 5.41) is 11.2. The highest BCUT2D eigenvalue weighted by atomic mass is 19.1. The molecule has 1 fully saturated rings. The van der Waals surface area contributed by atoms with Crippen molar-refractivity contribution in [3.8, 4) is 11.8 Å². The summed E-state index contributed by atoms with van der Waals surface area (Å²) in [7, 11) is 0. The number of amides is 1. The highest BCUT2D eigenvalue weighted by Gasteiger charge is 2.29. The number of hydrogen-bond acceptors (Lipinski definition) is 2. The molecule has 4 heteroatoms. The summed E-state index contributed by atoms with van der Waals surface area (Å²) in [5.74, 6) is 4.87. The lowest BCUT2D eigenvalue weighted by molar-refractivity contribution is -0.117. The van der Waals surface area contributed by atoms with Crippen LogP contribution in [0.15, 0.2) is 18.2 Å². The fraction of sp³-hybridized carbons (Fsp3) is 0.357. The quantitative estimate of drug-likeness (QED) is 0.801. The van der Waals surface area contributed by atoms with Crippen LogP contribution in [0.3, 0.4) is 0 Å². The van der Waals surface area contributed by atoms with Gasteiger partial charge in [-0.25, -0.2) is 4.39 Å². The average molecular weight is 247 g/mol. The number of benzene rings is 1. The van der Waals surface area contributed by atoms with Gasteiger partial charge in [0.15, 0.2) is 0 Å². The number of aliphatic hydroxyl groups is 1. The standard InChI is InChI=1S/C14H14FNO2/c15-13-9-12(16-14(18)11-4-5-11)7-6-10(13)3-1-2-8-17/h6-7,9,11,17H,2,4-5,8H2,(H,16,18). The smallest absolute Gasteiger partial charge is 0.227 e. The average Bonchev–Trinajstić information content (AvgIpc) is 3.16. The minimum Gasteiger partial charge on any atom is -0.395 e. The molecule has 0 heterocycles. The second kappa shape index (κ2) is 5.65. The second-order valence-electron chi connectivity index (χ2n) is 4.23. The fourth-order valence-corrected chi connectivity index (χ4v) is 1.50. The van der Waals surface area contributed by atoms with Gasteiger partial charge in [-0.3, -0.25) is 4.79 Å². The maximum absolute atomic E-state index is 13.6. The van der Waals surface area contributed by atoms with E-state index in [1.165, 1.54) is 12.1 Å². The van der Waals surface area contributed by atoms with Gasteiger partial charge in [-0.05, 0) is 31.0 Å². The molecular weight excluding hydrogens is 233 g/mol. The fourth-order valence-electron chi connectivity index (χ4n) is 1.50. The van der Waals surface area contributed by atoms with Gasteiger partial charge < -0.3 is 10.4 Å². The lowest BCUT2D eigenvalue weighted by Crippen LogP contribution is -2.13. The van der Waals surface area contributed by atoms with E-state index in [1.807, 2.05) is 0 Å². The van der Waals surface area contributed by atoms with E-state index in [0.717, 1.165) is 12.8 Å². The van der Waals surface area contributed by atoms with E-state index in [4.69, 9.17) is 5.11 Å². The second-order valence-corrected chi connectivity index (χ2v) is 4.23. The van der Waals surface area contributed by atoms with Gasteiger partial charge in [0.25, 0.3) is 0 Å². The maximum atomic E-state index is 13.6. The summed E-state index contributed by atoms with van der Waals surface area (Å²) in [4.78, 5) is 11.5. The molecule has 1 aliphatic rings. The van der Waals surface area contributed by atoms with Gasteiger partial charge in [0, 0.05) is 18.0 Å². The SMILES string of the molecule is O=C(Nc1ccc(C#CCCO)c(F)c1)C1CC1. The first-order valence-corrected chi connectivity index (χ1v) is 5.91. The van der Waals surface area contributed by atoms with Crippen LogP contribution in [0.25, 0.3) is 0 Å². The molecule has 1 aliphatic carbocycles. The van der Waals surface area contributed by atoms with Gasteiger partial charge >= 0.3 is 0 Å². The molecule has 1 saturated carbocycles. The van der Waals surface area contributed by atoms with E-state index < -0.39 is 5.82 Å². The Morgan fingerprint density at radius 3 is 2.89 bits per heavy atom. The molecule has 0 bridgehead atoms. The van der Waals surface area contributed by atoms with Crippen LogP contribution in [0.5, 0.6) is 0 Å². The van der Waals surface area contributed by atoms with Crippen molar-refractivity contribution in [1.29, 1.82) is 0 Å². The zero-order valence-corrected chi connectivity index (χ0v) is 9.87. The number of carbonyl (C=O) groups is 1. The van der Waals surface area contributed by atoms with Crippen LogP contribution in [-0.4, -0.2) is 17.6 Å². The number of hydrogen-bond donors (Lipinski definition) is 2. The molecule has 1 amide bonds. The third kappa shape index (κ3) is 3.31. The van der Waals surface area contributed by atoms with E-state index in [1.54, 1.807) is 6.07 Å². The lowest BCUT2D eigenvalue weighted by atomic mass is 10.2. The predicted molar refractivity (Wildman–Crippen MR) is 66.3 cm³/mol. The van der Waals surface area contributed by atoms with Crippen LogP contribution in [0.4, 0.5) is 10.1 Å². The van der Waals surface area contributed by atoms with Crippen molar-refractivity contribution >= 4 is 11.6 Å². The summed E-state index contributed by atoms with van der Waals surface area (Å²) < 4.78 is 13.6. The van der Waals surface area contributed by atoms with Gasteiger partial charge in [0.1, 0.15) is 5.82 Å². The van der Waals surface area contributed by atoms with Gasteiger partial charge in [-0.2, -0.15) is 0 Å². The van der Waals surface area contributed by atoms with Crippen molar-refractivity contribution in [2.75, 3.05) is 11.9 Å². The number of halogens is 1. The highest BCUT2D eigenvalue weighted by molar-refractivity contribution is 5.94. The number of aliphatic hydroxyl groups excluding tert-OH is 1. The monoisotopic (exact) mass is 247 g/mol. The van der Waals surface area contributed by atoms with E-state index >= 15 is 0 Å². The summed E-state index contributed by atoms with van der Waals surface area (Å²) >= 11 is 0. The molecule has 3 nitrogen and oxygen atoms in total. The highest BCUT2D eigenvalue weighted by Crippen LogP contribution is 2.30. The first-order chi connectivity index (χ1) is 8.70. The summed E-state index contributed by atoms with van der Waals surface area (Å²) in [6.07, 6.45) is 2.15. The van der Waals surface area contributed by atoms with E-state index in [0.29, 0.717) is 12.1 Å². The molecule has 0 spiro atoms. The topological polar surface area (TPSA) is 49.3 Å². The Hall–Kier alpha value is -1.86. The first kappa shape index (κ1) is 12.6. The number of rotatable bonds is 3. The summed E-state index contributed by atoms with van der Waals surface area (Å²) in [6, 6.07) is 4.43. The molecule has 2 N–H and O–H groups in total. The van der Waals surface area contributed by atoms with Crippen molar-refractivity contribution in [1.82, 2.24) is 0 Å². The molecule has 0 aliphatic heterocycles. The van der Waals surface area contributed by atoms with E-state index in [2.05, 4.69) is 17.2 Å². The molecule has 1 aromatic rings. The lowest BCUT2D eigenvalue weighted by Gasteiger charge is -2.04. The first-order valence-electron chi connectivity index (χ1n) is 5.91. The Bertz CT molecular complexity index is 512. The van der Waals surface area contributed by atoms with E-state index in [-0.39, 0.29) is 24.0 Å². The van der Waals surface area contributed by atoms with Crippen LogP contribution >= 0.6 is 0 Å². The number of nitrogens with one attached hydrogen (secondary N) is 1. The van der Waals surface area contributed by atoms with Crippen molar-refractivity contribution in [3.05, 3.63) is 29.6 Å². The Kier molecular flexibility index (Phi) is 3.96. The number of anilines is 1. The normalized spacial score (nSPS) is 13.7. The number of carbonyl (C=O) groups excluding carboxylic acids is 1. The van der Waals surface area contributed by atoms with Gasteiger partial charge in [0.2, 0.25) is 5.91 Å². The molecule has 0 aromatic heterocycles.